The number of rotatable bonds is 4. The van der Waals surface area contributed by atoms with Gasteiger partial charge in [-0.05, 0) is 40.3 Å². The summed E-state index contributed by atoms with van der Waals surface area (Å²) in [6.07, 6.45) is 0. The molecule has 0 unspecified atom stereocenters. The Bertz CT molecular complexity index is 668. The third-order valence-corrected chi connectivity index (χ3v) is 4.37. The van der Waals surface area contributed by atoms with E-state index in [4.69, 9.17) is 4.18 Å². The van der Waals surface area contributed by atoms with E-state index in [2.05, 4.69) is 0 Å². The van der Waals surface area contributed by atoms with Crippen LogP contribution in [-0.4, -0.2) is 13.5 Å². The highest BCUT2D eigenvalue weighted by molar-refractivity contribution is 14.1. The maximum atomic E-state index is 11.9. The van der Waals surface area contributed by atoms with Gasteiger partial charge in [-0.1, -0.05) is 30.3 Å². The standard InChI is InChI=1S/C13H11IO4S/c14-12-7-6-11(8-13(12)15)18-19(16,17)9-10-4-2-1-3-5-10/h1-8,15H,9H2. The van der Waals surface area contributed by atoms with E-state index in [1.807, 2.05) is 28.7 Å². The fourth-order valence-corrected chi connectivity index (χ4v) is 2.89. The van der Waals surface area contributed by atoms with Crippen LogP contribution in [0.25, 0.3) is 0 Å². The molecule has 0 aromatic heterocycles. The largest absolute Gasteiger partial charge is 0.507 e. The first kappa shape index (κ1) is 14.1. The summed E-state index contributed by atoms with van der Waals surface area (Å²) in [5, 5.41) is 9.50. The third kappa shape index (κ3) is 4.10. The van der Waals surface area contributed by atoms with Crippen molar-refractivity contribution in [2.24, 2.45) is 0 Å². The van der Waals surface area contributed by atoms with Gasteiger partial charge in [0.2, 0.25) is 0 Å². The van der Waals surface area contributed by atoms with Crippen LogP contribution >= 0.6 is 22.6 Å². The molecule has 0 bridgehead atoms. The third-order valence-electron chi connectivity index (χ3n) is 2.33. The molecule has 0 saturated carbocycles. The molecule has 0 spiro atoms. The Morgan fingerprint density at radius 2 is 1.79 bits per heavy atom. The van der Waals surface area contributed by atoms with Crippen molar-refractivity contribution in [1.29, 1.82) is 0 Å². The second-order valence-electron chi connectivity index (χ2n) is 3.88. The topological polar surface area (TPSA) is 63.6 Å². The summed E-state index contributed by atoms with van der Waals surface area (Å²) < 4.78 is 29.3. The fraction of sp³-hybridized carbons (Fsp3) is 0.0769. The van der Waals surface area contributed by atoms with Crippen molar-refractivity contribution in [3.63, 3.8) is 0 Å². The van der Waals surface area contributed by atoms with Crippen LogP contribution in [-0.2, 0) is 15.9 Å². The van der Waals surface area contributed by atoms with Crippen molar-refractivity contribution in [2.45, 2.75) is 5.75 Å². The molecule has 0 amide bonds. The number of halogens is 1. The Morgan fingerprint density at radius 3 is 2.42 bits per heavy atom. The quantitative estimate of drug-likeness (QED) is 0.644. The fourth-order valence-electron chi connectivity index (χ4n) is 1.50. The van der Waals surface area contributed by atoms with Crippen molar-refractivity contribution < 1.29 is 17.7 Å². The van der Waals surface area contributed by atoms with Crippen molar-refractivity contribution in [3.05, 3.63) is 57.7 Å². The van der Waals surface area contributed by atoms with Gasteiger partial charge in [-0.3, -0.25) is 0 Å². The van der Waals surface area contributed by atoms with Gasteiger partial charge in [0, 0.05) is 6.07 Å². The Hall–Kier alpha value is -1.28. The van der Waals surface area contributed by atoms with E-state index in [9.17, 15) is 13.5 Å². The van der Waals surface area contributed by atoms with E-state index in [1.54, 1.807) is 30.3 Å². The normalized spacial score (nSPS) is 11.2. The predicted octanol–water partition coefficient (Wildman–Crippen LogP) is 2.91. The van der Waals surface area contributed by atoms with Gasteiger partial charge in [0.15, 0.2) is 0 Å². The molecule has 19 heavy (non-hydrogen) atoms. The van der Waals surface area contributed by atoms with E-state index in [-0.39, 0.29) is 17.3 Å². The first-order chi connectivity index (χ1) is 8.96. The molecule has 0 heterocycles. The maximum Gasteiger partial charge on any atom is 0.313 e. The molecule has 0 saturated heterocycles. The van der Waals surface area contributed by atoms with Gasteiger partial charge in [0.25, 0.3) is 0 Å². The molecule has 0 aliphatic rings. The summed E-state index contributed by atoms with van der Waals surface area (Å²) in [6, 6.07) is 13.1. The number of phenolic OH excluding ortho intramolecular Hbond substituents is 1. The average molecular weight is 390 g/mol. The van der Waals surface area contributed by atoms with Crippen LogP contribution in [0, 0.1) is 3.57 Å². The van der Waals surface area contributed by atoms with Gasteiger partial charge in [-0.2, -0.15) is 8.42 Å². The molecule has 0 aliphatic carbocycles. The Kier molecular flexibility index (Phi) is 4.31. The van der Waals surface area contributed by atoms with E-state index >= 15 is 0 Å². The molecule has 2 aromatic carbocycles. The van der Waals surface area contributed by atoms with Gasteiger partial charge in [-0.15, -0.1) is 0 Å². The lowest BCUT2D eigenvalue weighted by molar-refractivity contribution is 0.460. The highest BCUT2D eigenvalue weighted by Gasteiger charge is 2.14. The molecule has 0 aliphatic heterocycles. The molecule has 0 atom stereocenters. The lowest BCUT2D eigenvalue weighted by atomic mass is 10.2. The number of aromatic hydroxyl groups is 1. The van der Waals surface area contributed by atoms with Gasteiger partial charge in [0.1, 0.15) is 17.3 Å². The monoisotopic (exact) mass is 390 g/mol. The zero-order valence-corrected chi connectivity index (χ0v) is 12.8. The smallest absolute Gasteiger partial charge is 0.313 e. The van der Waals surface area contributed by atoms with Crippen molar-refractivity contribution >= 4 is 32.7 Å². The molecule has 0 radical (unpaired) electrons. The van der Waals surface area contributed by atoms with E-state index < -0.39 is 10.1 Å². The van der Waals surface area contributed by atoms with Gasteiger partial charge >= 0.3 is 10.1 Å². The van der Waals surface area contributed by atoms with Crippen molar-refractivity contribution in [1.82, 2.24) is 0 Å². The maximum absolute atomic E-state index is 11.9. The van der Waals surface area contributed by atoms with Gasteiger partial charge in [0.05, 0.1) is 3.57 Å². The van der Waals surface area contributed by atoms with E-state index in [0.29, 0.717) is 9.13 Å². The second kappa shape index (κ2) is 5.79. The van der Waals surface area contributed by atoms with Crippen LogP contribution in [0.2, 0.25) is 0 Å². The molecule has 0 fully saturated rings. The molecule has 1 N–H and O–H groups in total. The molecule has 100 valence electrons. The van der Waals surface area contributed by atoms with Crippen LogP contribution in [0.1, 0.15) is 5.56 Å². The Labute approximate surface area is 125 Å². The summed E-state index contributed by atoms with van der Waals surface area (Å²) in [6.45, 7) is 0. The van der Waals surface area contributed by atoms with Crippen LogP contribution in [0.3, 0.4) is 0 Å². The van der Waals surface area contributed by atoms with Gasteiger partial charge in [-0.25, -0.2) is 0 Å². The average Bonchev–Trinajstić information content (AvgIpc) is 2.34. The Balaban J connectivity index is 2.15. The Morgan fingerprint density at radius 1 is 1.11 bits per heavy atom. The first-order valence-corrected chi connectivity index (χ1v) is 8.06. The molecule has 6 heteroatoms. The number of hydrogen-bond donors (Lipinski definition) is 1. The van der Waals surface area contributed by atoms with Crippen molar-refractivity contribution in [3.8, 4) is 11.5 Å². The molecule has 4 nitrogen and oxygen atoms in total. The highest BCUT2D eigenvalue weighted by Crippen LogP contribution is 2.26. The van der Waals surface area contributed by atoms with E-state index in [0.717, 1.165) is 0 Å². The van der Waals surface area contributed by atoms with E-state index in [1.165, 1.54) is 12.1 Å². The summed E-state index contributed by atoms with van der Waals surface area (Å²) in [5.74, 6) is -0.109. The number of phenols is 1. The molecular weight excluding hydrogens is 379 g/mol. The van der Waals surface area contributed by atoms with Crippen LogP contribution in [0.15, 0.2) is 48.5 Å². The lowest BCUT2D eigenvalue weighted by Crippen LogP contribution is -2.12. The zero-order chi connectivity index (χ0) is 13.9. The second-order valence-corrected chi connectivity index (χ2v) is 6.62. The minimum absolute atomic E-state index is 0.00647. The molecule has 2 rings (SSSR count). The minimum atomic E-state index is -3.73. The minimum Gasteiger partial charge on any atom is -0.507 e. The van der Waals surface area contributed by atoms with Gasteiger partial charge < -0.3 is 9.29 Å². The van der Waals surface area contributed by atoms with Crippen LogP contribution < -0.4 is 4.18 Å². The summed E-state index contributed by atoms with van der Waals surface area (Å²) >= 11 is 1.94. The predicted molar refractivity (Wildman–Crippen MR) is 80.5 cm³/mol. The molecule has 2 aromatic rings. The van der Waals surface area contributed by atoms with Crippen LogP contribution in [0.4, 0.5) is 0 Å². The van der Waals surface area contributed by atoms with Crippen LogP contribution in [0.5, 0.6) is 11.5 Å². The first-order valence-electron chi connectivity index (χ1n) is 5.41. The number of hydrogen-bond acceptors (Lipinski definition) is 4. The summed E-state index contributed by atoms with van der Waals surface area (Å²) in [5.41, 5.74) is 0.650. The van der Waals surface area contributed by atoms with Crippen molar-refractivity contribution in [2.75, 3.05) is 0 Å². The zero-order valence-electron chi connectivity index (χ0n) is 9.78. The molecular formula is C13H11IO4S. The summed E-state index contributed by atoms with van der Waals surface area (Å²) in [4.78, 5) is 0. The number of benzene rings is 2. The lowest BCUT2D eigenvalue weighted by Gasteiger charge is -2.07. The summed E-state index contributed by atoms with van der Waals surface area (Å²) in [7, 11) is -3.73. The SMILES string of the molecule is O=S(=O)(Cc1ccccc1)Oc1ccc(I)c(O)c1. The highest BCUT2D eigenvalue weighted by atomic mass is 127.